The van der Waals surface area contributed by atoms with E-state index in [0.29, 0.717) is 0 Å². The summed E-state index contributed by atoms with van der Waals surface area (Å²) in [4.78, 5) is 6.79. The molecule has 118 valence electrons. The van der Waals surface area contributed by atoms with Gasteiger partial charge < -0.3 is 14.8 Å². The molecule has 2 aromatic rings. The minimum Gasteiger partial charge on any atom is -0.352 e. The van der Waals surface area contributed by atoms with E-state index in [1.807, 2.05) is 6.07 Å². The molecule has 1 aromatic carbocycles. The Morgan fingerprint density at radius 2 is 2.09 bits per heavy atom. The summed E-state index contributed by atoms with van der Waals surface area (Å²) >= 11 is 3.51. The molecule has 0 saturated heterocycles. The molecule has 1 aliphatic rings. The maximum Gasteiger partial charge on any atom is 0.194 e. The van der Waals surface area contributed by atoms with E-state index in [9.17, 15) is 0 Å². The van der Waals surface area contributed by atoms with Gasteiger partial charge >= 0.3 is 0 Å². The molecule has 0 radical (unpaired) electrons. The van der Waals surface area contributed by atoms with Gasteiger partial charge in [-0.15, -0.1) is 24.0 Å². The second-order valence-electron chi connectivity index (χ2n) is 5.39. The Balaban J connectivity index is 0.00000176. The lowest BCUT2D eigenvalue weighted by atomic mass is 10.1. The Morgan fingerprint density at radius 3 is 2.73 bits per heavy atom. The van der Waals surface area contributed by atoms with Crippen LogP contribution in [0, 0.1) is 0 Å². The van der Waals surface area contributed by atoms with Crippen molar-refractivity contribution in [2.75, 3.05) is 13.6 Å². The summed E-state index contributed by atoms with van der Waals surface area (Å²) in [7, 11) is 4.13. The van der Waals surface area contributed by atoms with E-state index >= 15 is 0 Å². The summed E-state index contributed by atoms with van der Waals surface area (Å²) < 4.78 is 3.24. The van der Waals surface area contributed by atoms with E-state index in [-0.39, 0.29) is 30.0 Å². The van der Waals surface area contributed by atoms with Crippen LogP contribution in [0.3, 0.4) is 0 Å². The standard InChI is InChI=1S/C16H19BrN4.HI/c1-20-10-13(17)8-14(20)11-21(2)16-18-9-15(19-16)12-6-4-3-5-7-12;/h3-8,10,15H,9,11H2,1-2H3,(H,18,19);1H. The van der Waals surface area contributed by atoms with E-state index in [4.69, 9.17) is 0 Å². The Labute approximate surface area is 156 Å². The van der Waals surface area contributed by atoms with Crippen molar-refractivity contribution in [3.8, 4) is 0 Å². The van der Waals surface area contributed by atoms with E-state index in [1.165, 1.54) is 11.3 Å². The summed E-state index contributed by atoms with van der Waals surface area (Å²) in [5, 5.41) is 3.51. The van der Waals surface area contributed by atoms with E-state index in [0.717, 1.165) is 23.5 Å². The van der Waals surface area contributed by atoms with Crippen LogP contribution in [-0.2, 0) is 13.6 Å². The third kappa shape index (κ3) is 3.84. The lowest BCUT2D eigenvalue weighted by Crippen LogP contribution is -2.36. The molecule has 2 heterocycles. The molecule has 1 unspecified atom stereocenters. The quantitative estimate of drug-likeness (QED) is 0.690. The molecule has 3 rings (SSSR count). The SMILES string of the molecule is CN(Cc1cc(Br)cn1C)C1=NCC(c2ccccc2)N1.I. The molecule has 4 nitrogen and oxygen atoms in total. The topological polar surface area (TPSA) is 32.6 Å². The second kappa shape index (κ2) is 7.50. The summed E-state index contributed by atoms with van der Waals surface area (Å²) in [6.07, 6.45) is 2.07. The number of benzene rings is 1. The lowest BCUT2D eigenvalue weighted by molar-refractivity contribution is 0.465. The zero-order valence-corrected chi connectivity index (χ0v) is 16.6. The normalized spacial score (nSPS) is 16.7. The van der Waals surface area contributed by atoms with Crippen molar-refractivity contribution < 1.29 is 0 Å². The number of rotatable bonds is 3. The second-order valence-corrected chi connectivity index (χ2v) is 6.30. The fourth-order valence-corrected chi connectivity index (χ4v) is 3.14. The van der Waals surface area contributed by atoms with Gasteiger partial charge in [-0.05, 0) is 27.6 Å². The molecule has 1 atom stereocenters. The molecule has 1 aliphatic heterocycles. The summed E-state index contributed by atoms with van der Waals surface area (Å²) in [6.45, 7) is 1.62. The number of guanidine groups is 1. The number of hydrogen-bond donors (Lipinski definition) is 1. The highest BCUT2D eigenvalue weighted by Crippen LogP contribution is 2.19. The monoisotopic (exact) mass is 474 g/mol. The third-order valence-corrected chi connectivity index (χ3v) is 4.20. The predicted octanol–water partition coefficient (Wildman–Crippen LogP) is 3.54. The van der Waals surface area contributed by atoms with Gasteiger partial charge in [0.25, 0.3) is 0 Å². The van der Waals surface area contributed by atoms with Gasteiger partial charge in [0.05, 0.1) is 19.1 Å². The lowest BCUT2D eigenvalue weighted by Gasteiger charge is -2.21. The summed E-state index contributed by atoms with van der Waals surface area (Å²) in [6, 6.07) is 12.9. The first-order valence-corrected chi connectivity index (χ1v) is 7.80. The molecule has 22 heavy (non-hydrogen) atoms. The first-order valence-electron chi connectivity index (χ1n) is 7.01. The largest absolute Gasteiger partial charge is 0.352 e. The van der Waals surface area contributed by atoms with Crippen LogP contribution >= 0.6 is 39.9 Å². The first kappa shape index (κ1) is 17.3. The van der Waals surface area contributed by atoms with E-state index in [2.05, 4.69) is 86.3 Å². The third-order valence-electron chi connectivity index (χ3n) is 3.76. The number of aliphatic imine (C=N–C) groups is 1. The maximum absolute atomic E-state index is 4.64. The molecule has 0 saturated carbocycles. The number of nitrogens with zero attached hydrogens (tertiary/aromatic N) is 3. The first-order chi connectivity index (χ1) is 10.1. The van der Waals surface area contributed by atoms with Crippen LogP contribution in [0.5, 0.6) is 0 Å². The van der Waals surface area contributed by atoms with Gasteiger partial charge in [-0.2, -0.15) is 0 Å². The number of nitrogens with one attached hydrogen (secondary N) is 1. The Bertz CT molecular complexity index is 653. The fourth-order valence-electron chi connectivity index (χ4n) is 2.57. The van der Waals surface area contributed by atoms with Gasteiger partial charge in [-0.25, -0.2) is 0 Å². The van der Waals surface area contributed by atoms with Gasteiger partial charge in [0, 0.05) is 30.5 Å². The summed E-state index contributed by atoms with van der Waals surface area (Å²) in [5.74, 6) is 0.959. The van der Waals surface area contributed by atoms with Crippen molar-refractivity contribution in [3.63, 3.8) is 0 Å². The Hall–Kier alpha value is -1.02. The van der Waals surface area contributed by atoms with Crippen molar-refractivity contribution in [1.82, 2.24) is 14.8 Å². The minimum atomic E-state index is 0. The zero-order valence-electron chi connectivity index (χ0n) is 12.7. The molecular formula is C16H20BrIN4. The molecular weight excluding hydrogens is 455 g/mol. The summed E-state index contributed by atoms with van der Waals surface area (Å²) in [5.41, 5.74) is 2.53. The van der Waals surface area contributed by atoms with Gasteiger partial charge in [0.2, 0.25) is 0 Å². The molecule has 0 fully saturated rings. The highest BCUT2D eigenvalue weighted by molar-refractivity contribution is 14.0. The van der Waals surface area contributed by atoms with Gasteiger partial charge in [-0.1, -0.05) is 30.3 Å². The van der Waals surface area contributed by atoms with Crippen molar-refractivity contribution in [3.05, 3.63) is 58.3 Å². The molecule has 0 amide bonds. The maximum atomic E-state index is 4.64. The van der Waals surface area contributed by atoms with Gasteiger partial charge in [0.1, 0.15) is 0 Å². The fraction of sp³-hybridized carbons (Fsp3) is 0.312. The average molecular weight is 475 g/mol. The van der Waals surface area contributed by atoms with Crippen LogP contribution in [0.2, 0.25) is 0 Å². The Morgan fingerprint density at radius 1 is 1.36 bits per heavy atom. The van der Waals surface area contributed by atoms with Crippen molar-refractivity contribution in [2.45, 2.75) is 12.6 Å². The average Bonchev–Trinajstić information content (AvgIpc) is 3.07. The molecule has 6 heteroatoms. The number of aryl methyl sites for hydroxylation is 1. The van der Waals surface area contributed by atoms with Crippen LogP contribution in [0.4, 0.5) is 0 Å². The highest BCUT2D eigenvalue weighted by Gasteiger charge is 2.21. The minimum absolute atomic E-state index is 0. The predicted molar refractivity (Wildman–Crippen MR) is 105 cm³/mol. The van der Waals surface area contributed by atoms with E-state index in [1.54, 1.807) is 0 Å². The molecule has 1 N–H and O–H groups in total. The van der Waals surface area contributed by atoms with Crippen LogP contribution in [-0.4, -0.2) is 29.0 Å². The van der Waals surface area contributed by atoms with Crippen molar-refractivity contribution in [1.29, 1.82) is 0 Å². The molecule has 0 bridgehead atoms. The van der Waals surface area contributed by atoms with Crippen LogP contribution in [0.1, 0.15) is 17.3 Å². The molecule has 0 aliphatic carbocycles. The smallest absolute Gasteiger partial charge is 0.194 e. The van der Waals surface area contributed by atoms with Gasteiger partial charge in [0.15, 0.2) is 5.96 Å². The van der Waals surface area contributed by atoms with E-state index < -0.39 is 0 Å². The van der Waals surface area contributed by atoms with Crippen molar-refractivity contribution in [2.24, 2.45) is 12.0 Å². The van der Waals surface area contributed by atoms with Crippen molar-refractivity contribution >= 4 is 45.9 Å². The number of hydrogen-bond acceptors (Lipinski definition) is 3. The molecule has 1 aromatic heterocycles. The van der Waals surface area contributed by atoms with Crippen LogP contribution in [0.25, 0.3) is 0 Å². The zero-order chi connectivity index (χ0) is 14.8. The van der Waals surface area contributed by atoms with Crippen LogP contribution < -0.4 is 5.32 Å². The molecule has 0 spiro atoms. The Kier molecular flexibility index (Phi) is 5.91. The number of halogens is 2. The number of aromatic nitrogens is 1. The van der Waals surface area contributed by atoms with Crippen LogP contribution in [0.15, 0.2) is 52.1 Å². The van der Waals surface area contributed by atoms with Gasteiger partial charge in [-0.3, -0.25) is 4.99 Å². The highest BCUT2D eigenvalue weighted by atomic mass is 127.